The summed E-state index contributed by atoms with van der Waals surface area (Å²) in [7, 11) is 0. The van der Waals surface area contributed by atoms with Gasteiger partial charge in [0.25, 0.3) is 0 Å². The summed E-state index contributed by atoms with van der Waals surface area (Å²) in [6.07, 6.45) is -0.345. The van der Waals surface area contributed by atoms with Crippen molar-refractivity contribution in [2.45, 2.75) is 39.9 Å². The number of ether oxygens (including phenoxy) is 1. The summed E-state index contributed by atoms with van der Waals surface area (Å²) in [4.78, 5) is 0. The molecule has 0 amide bonds. The van der Waals surface area contributed by atoms with E-state index in [9.17, 15) is 5.11 Å². The highest BCUT2D eigenvalue weighted by Crippen LogP contribution is 2.16. The van der Waals surface area contributed by atoms with Crippen LogP contribution in [-0.4, -0.2) is 17.8 Å². The van der Waals surface area contributed by atoms with Crippen LogP contribution in [0.4, 0.5) is 0 Å². The van der Waals surface area contributed by atoms with Crippen LogP contribution in [0, 0.1) is 12.8 Å². The largest absolute Gasteiger partial charge is 0.386 e. The first-order chi connectivity index (χ1) is 7.50. The molecule has 16 heavy (non-hydrogen) atoms. The summed E-state index contributed by atoms with van der Waals surface area (Å²) < 4.78 is 5.60. The van der Waals surface area contributed by atoms with Gasteiger partial charge in [0, 0.05) is 0 Å². The SMILES string of the molecule is Cc1ccc(C(O)COC(C)C(C)C)cc1. The molecule has 1 N–H and O–H groups in total. The van der Waals surface area contributed by atoms with Gasteiger partial charge >= 0.3 is 0 Å². The molecule has 0 fully saturated rings. The Labute approximate surface area is 98.3 Å². The summed E-state index contributed by atoms with van der Waals surface area (Å²) in [6.45, 7) is 8.66. The number of benzene rings is 1. The van der Waals surface area contributed by atoms with Gasteiger partial charge < -0.3 is 9.84 Å². The molecule has 0 aromatic heterocycles. The van der Waals surface area contributed by atoms with Gasteiger partial charge in [0.2, 0.25) is 0 Å². The number of hydrogen-bond donors (Lipinski definition) is 1. The third-order valence-electron chi connectivity index (χ3n) is 2.92. The van der Waals surface area contributed by atoms with Crippen LogP contribution >= 0.6 is 0 Å². The fraction of sp³-hybridized carbons (Fsp3) is 0.571. The van der Waals surface area contributed by atoms with Gasteiger partial charge in [-0.05, 0) is 25.3 Å². The van der Waals surface area contributed by atoms with E-state index in [-0.39, 0.29) is 6.10 Å². The molecule has 2 unspecified atom stereocenters. The Kier molecular flexibility index (Phi) is 4.97. The standard InChI is InChI=1S/C14H22O2/c1-10(2)12(4)16-9-14(15)13-7-5-11(3)6-8-13/h5-8,10,12,14-15H,9H2,1-4H3. The average Bonchev–Trinajstić information content (AvgIpc) is 2.26. The van der Waals surface area contributed by atoms with Crippen molar-refractivity contribution in [1.29, 1.82) is 0 Å². The second-order valence-electron chi connectivity index (χ2n) is 4.71. The molecular weight excluding hydrogens is 200 g/mol. The Morgan fingerprint density at radius 3 is 2.19 bits per heavy atom. The van der Waals surface area contributed by atoms with Gasteiger partial charge in [-0.25, -0.2) is 0 Å². The van der Waals surface area contributed by atoms with Gasteiger partial charge in [0.1, 0.15) is 6.10 Å². The summed E-state index contributed by atoms with van der Waals surface area (Å²) in [5.74, 6) is 0.477. The Balaban J connectivity index is 2.46. The number of aliphatic hydroxyl groups is 1. The van der Waals surface area contributed by atoms with E-state index in [1.807, 2.05) is 38.1 Å². The van der Waals surface area contributed by atoms with Crippen LogP contribution in [0.2, 0.25) is 0 Å². The molecule has 2 atom stereocenters. The molecule has 0 aliphatic carbocycles. The zero-order valence-electron chi connectivity index (χ0n) is 10.6. The first kappa shape index (κ1) is 13.2. The number of rotatable bonds is 5. The lowest BCUT2D eigenvalue weighted by molar-refractivity contribution is -0.0206. The molecule has 0 saturated carbocycles. The maximum Gasteiger partial charge on any atom is 0.102 e. The van der Waals surface area contributed by atoms with Crippen molar-refractivity contribution in [3.05, 3.63) is 35.4 Å². The maximum atomic E-state index is 9.92. The molecule has 2 nitrogen and oxygen atoms in total. The van der Waals surface area contributed by atoms with Crippen LogP contribution in [0.1, 0.15) is 38.0 Å². The fourth-order valence-electron chi connectivity index (χ4n) is 1.32. The molecule has 0 bridgehead atoms. The van der Waals surface area contributed by atoms with E-state index < -0.39 is 6.10 Å². The molecule has 1 rings (SSSR count). The van der Waals surface area contributed by atoms with E-state index in [2.05, 4.69) is 13.8 Å². The predicted molar refractivity (Wildman–Crippen MR) is 66.4 cm³/mol. The van der Waals surface area contributed by atoms with Crippen molar-refractivity contribution in [3.8, 4) is 0 Å². The number of aryl methyl sites for hydroxylation is 1. The average molecular weight is 222 g/mol. The third-order valence-corrected chi connectivity index (χ3v) is 2.92. The van der Waals surface area contributed by atoms with Crippen LogP contribution in [-0.2, 0) is 4.74 Å². The minimum atomic E-state index is -0.526. The Morgan fingerprint density at radius 2 is 1.69 bits per heavy atom. The van der Waals surface area contributed by atoms with Gasteiger partial charge in [-0.1, -0.05) is 43.7 Å². The van der Waals surface area contributed by atoms with Crippen LogP contribution < -0.4 is 0 Å². The first-order valence-corrected chi connectivity index (χ1v) is 5.87. The van der Waals surface area contributed by atoms with Crippen molar-refractivity contribution in [1.82, 2.24) is 0 Å². The van der Waals surface area contributed by atoms with E-state index in [4.69, 9.17) is 4.74 Å². The highest BCUT2D eigenvalue weighted by molar-refractivity contribution is 5.23. The van der Waals surface area contributed by atoms with Crippen LogP contribution in [0.25, 0.3) is 0 Å². The van der Waals surface area contributed by atoms with Gasteiger partial charge in [-0.15, -0.1) is 0 Å². The van der Waals surface area contributed by atoms with E-state index >= 15 is 0 Å². The molecule has 1 aromatic carbocycles. The van der Waals surface area contributed by atoms with Crippen molar-refractivity contribution in [2.24, 2.45) is 5.92 Å². The molecule has 1 aromatic rings. The van der Waals surface area contributed by atoms with E-state index in [1.165, 1.54) is 5.56 Å². The molecule has 0 spiro atoms. The first-order valence-electron chi connectivity index (χ1n) is 5.87. The zero-order chi connectivity index (χ0) is 12.1. The van der Waals surface area contributed by atoms with E-state index in [0.717, 1.165) is 5.56 Å². The summed E-state index contributed by atoms with van der Waals surface area (Å²) in [6, 6.07) is 7.90. The molecular formula is C14H22O2. The van der Waals surface area contributed by atoms with E-state index in [0.29, 0.717) is 12.5 Å². The van der Waals surface area contributed by atoms with Crippen LogP contribution in [0.15, 0.2) is 24.3 Å². The van der Waals surface area contributed by atoms with Crippen molar-refractivity contribution in [3.63, 3.8) is 0 Å². The number of aliphatic hydroxyl groups excluding tert-OH is 1. The van der Waals surface area contributed by atoms with Gasteiger partial charge in [-0.2, -0.15) is 0 Å². The third kappa shape index (κ3) is 3.95. The molecule has 0 aliphatic rings. The molecule has 0 saturated heterocycles. The molecule has 90 valence electrons. The minimum Gasteiger partial charge on any atom is -0.386 e. The highest BCUT2D eigenvalue weighted by atomic mass is 16.5. The summed E-state index contributed by atoms with van der Waals surface area (Å²) in [5, 5.41) is 9.92. The number of hydrogen-bond acceptors (Lipinski definition) is 2. The lowest BCUT2D eigenvalue weighted by Gasteiger charge is -2.19. The van der Waals surface area contributed by atoms with Crippen molar-refractivity contribution >= 4 is 0 Å². The lowest BCUT2D eigenvalue weighted by atomic mass is 10.1. The molecule has 0 heterocycles. The topological polar surface area (TPSA) is 29.5 Å². The highest BCUT2D eigenvalue weighted by Gasteiger charge is 2.12. The lowest BCUT2D eigenvalue weighted by Crippen LogP contribution is -2.19. The monoisotopic (exact) mass is 222 g/mol. The Hall–Kier alpha value is -0.860. The van der Waals surface area contributed by atoms with E-state index in [1.54, 1.807) is 0 Å². The predicted octanol–water partition coefficient (Wildman–Crippen LogP) is 3.09. The van der Waals surface area contributed by atoms with Crippen molar-refractivity contribution < 1.29 is 9.84 Å². The molecule has 0 aliphatic heterocycles. The minimum absolute atomic E-state index is 0.181. The maximum absolute atomic E-state index is 9.92. The zero-order valence-corrected chi connectivity index (χ0v) is 10.6. The van der Waals surface area contributed by atoms with Crippen LogP contribution in [0.3, 0.4) is 0 Å². The van der Waals surface area contributed by atoms with Gasteiger partial charge in [0.05, 0.1) is 12.7 Å². The summed E-state index contributed by atoms with van der Waals surface area (Å²) >= 11 is 0. The van der Waals surface area contributed by atoms with Gasteiger partial charge in [-0.3, -0.25) is 0 Å². The molecule has 0 radical (unpaired) electrons. The normalized spacial score (nSPS) is 15.1. The Morgan fingerprint density at radius 1 is 1.12 bits per heavy atom. The summed E-state index contributed by atoms with van der Waals surface area (Å²) in [5.41, 5.74) is 2.12. The fourth-order valence-corrected chi connectivity index (χ4v) is 1.32. The Bertz CT molecular complexity index is 303. The van der Waals surface area contributed by atoms with Crippen LogP contribution in [0.5, 0.6) is 0 Å². The smallest absolute Gasteiger partial charge is 0.102 e. The van der Waals surface area contributed by atoms with Crippen molar-refractivity contribution in [2.75, 3.05) is 6.61 Å². The second kappa shape index (κ2) is 6.02. The quantitative estimate of drug-likeness (QED) is 0.829. The second-order valence-corrected chi connectivity index (χ2v) is 4.71. The van der Waals surface area contributed by atoms with Gasteiger partial charge in [0.15, 0.2) is 0 Å². The molecule has 2 heteroatoms.